The number of fused-ring (bicyclic) bond motifs is 1. The lowest BCUT2D eigenvalue weighted by Crippen LogP contribution is -2.07. The number of carbonyl (C=O) groups is 1. The lowest BCUT2D eigenvalue weighted by molar-refractivity contribution is -0.108. The highest BCUT2D eigenvalue weighted by atomic mass is 16.1. The van der Waals surface area contributed by atoms with Crippen molar-refractivity contribution in [2.45, 2.75) is 83.5 Å². The molecule has 0 amide bonds. The normalized spacial score (nSPS) is 18.1. The van der Waals surface area contributed by atoms with E-state index in [4.69, 9.17) is 0 Å². The Bertz CT molecular complexity index is 437. The fourth-order valence-electron chi connectivity index (χ4n) is 3.97. The molecular weight excluding hydrogens is 268 g/mol. The first kappa shape index (κ1) is 17.2. The first-order valence-electron chi connectivity index (χ1n) is 9.36. The van der Waals surface area contributed by atoms with E-state index in [0.717, 1.165) is 12.7 Å². The number of benzene rings is 1. The maximum atomic E-state index is 11.0. The second kappa shape index (κ2) is 9.82. The van der Waals surface area contributed by atoms with Crippen LogP contribution in [0.2, 0.25) is 0 Å². The number of unbranched alkanes of at least 4 members (excludes halogenated alkanes) is 5. The molecule has 0 heterocycles. The second-order valence-electron chi connectivity index (χ2n) is 6.99. The van der Waals surface area contributed by atoms with Crippen molar-refractivity contribution in [2.75, 3.05) is 0 Å². The number of aryl methyl sites for hydroxylation is 1. The van der Waals surface area contributed by atoms with Gasteiger partial charge in [0.15, 0.2) is 0 Å². The fraction of sp³-hybridized carbons (Fsp3) is 0.667. The molecule has 1 aromatic rings. The molecule has 0 bridgehead atoms. The van der Waals surface area contributed by atoms with Crippen LogP contribution in [-0.4, -0.2) is 6.29 Å². The average molecular weight is 300 g/mol. The predicted molar refractivity (Wildman–Crippen MR) is 94.3 cm³/mol. The van der Waals surface area contributed by atoms with E-state index in [1.54, 1.807) is 5.56 Å². The van der Waals surface area contributed by atoms with Crippen LogP contribution >= 0.6 is 0 Å². The molecule has 0 fully saturated rings. The van der Waals surface area contributed by atoms with E-state index in [1.165, 1.54) is 69.8 Å². The van der Waals surface area contributed by atoms with Gasteiger partial charge in [-0.2, -0.15) is 0 Å². The van der Waals surface area contributed by atoms with Crippen molar-refractivity contribution in [1.82, 2.24) is 0 Å². The average Bonchev–Trinajstić information content (AvgIpc) is 2.94. The summed E-state index contributed by atoms with van der Waals surface area (Å²) < 4.78 is 0. The molecule has 2 rings (SSSR count). The summed E-state index contributed by atoms with van der Waals surface area (Å²) in [5.41, 5.74) is 3.10. The topological polar surface area (TPSA) is 17.1 Å². The first-order valence-corrected chi connectivity index (χ1v) is 9.36. The van der Waals surface area contributed by atoms with Gasteiger partial charge >= 0.3 is 0 Å². The molecular formula is C21H32O. The maximum absolute atomic E-state index is 11.0. The van der Waals surface area contributed by atoms with Crippen LogP contribution < -0.4 is 0 Å². The van der Waals surface area contributed by atoms with Gasteiger partial charge in [-0.3, -0.25) is 0 Å². The summed E-state index contributed by atoms with van der Waals surface area (Å²) in [5.74, 6) is 1.29. The molecule has 1 aliphatic rings. The van der Waals surface area contributed by atoms with Crippen molar-refractivity contribution in [3.63, 3.8) is 0 Å². The number of hydrogen-bond acceptors (Lipinski definition) is 1. The third-order valence-corrected chi connectivity index (χ3v) is 5.27. The summed E-state index contributed by atoms with van der Waals surface area (Å²) in [4.78, 5) is 11.0. The molecule has 1 aromatic carbocycles. The van der Waals surface area contributed by atoms with Gasteiger partial charge in [-0.15, -0.1) is 0 Å². The Morgan fingerprint density at radius 3 is 2.73 bits per heavy atom. The van der Waals surface area contributed by atoms with Gasteiger partial charge in [0.05, 0.1) is 0 Å². The SMILES string of the molecule is CCCCCCCCC(CC=O)CC1CCc2ccccc21. The number of rotatable bonds is 11. The van der Waals surface area contributed by atoms with Crippen molar-refractivity contribution in [1.29, 1.82) is 0 Å². The van der Waals surface area contributed by atoms with Crippen LogP contribution in [0, 0.1) is 5.92 Å². The van der Waals surface area contributed by atoms with Gasteiger partial charge in [0.25, 0.3) is 0 Å². The van der Waals surface area contributed by atoms with Crippen LogP contribution in [0.25, 0.3) is 0 Å². The maximum Gasteiger partial charge on any atom is 0.120 e. The summed E-state index contributed by atoms with van der Waals surface area (Å²) in [5, 5.41) is 0. The van der Waals surface area contributed by atoms with Gasteiger partial charge < -0.3 is 4.79 Å². The molecule has 2 atom stereocenters. The van der Waals surface area contributed by atoms with Gasteiger partial charge in [-0.05, 0) is 42.2 Å². The van der Waals surface area contributed by atoms with Crippen molar-refractivity contribution >= 4 is 6.29 Å². The predicted octanol–water partition coefficient (Wildman–Crippen LogP) is 6.06. The Labute approximate surface area is 136 Å². The second-order valence-corrected chi connectivity index (χ2v) is 6.99. The highest BCUT2D eigenvalue weighted by molar-refractivity contribution is 5.49. The van der Waals surface area contributed by atoms with Crippen LogP contribution in [-0.2, 0) is 11.2 Å². The molecule has 0 N–H and O–H groups in total. The van der Waals surface area contributed by atoms with Gasteiger partial charge in [0.2, 0.25) is 0 Å². The van der Waals surface area contributed by atoms with E-state index in [1.807, 2.05) is 0 Å². The van der Waals surface area contributed by atoms with Crippen molar-refractivity contribution in [2.24, 2.45) is 5.92 Å². The minimum absolute atomic E-state index is 0.597. The molecule has 2 unspecified atom stereocenters. The van der Waals surface area contributed by atoms with Crippen LogP contribution in [0.5, 0.6) is 0 Å². The lowest BCUT2D eigenvalue weighted by Gasteiger charge is -2.19. The van der Waals surface area contributed by atoms with E-state index >= 15 is 0 Å². The molecule has 0 spiro atoms. The van der Waals surface area contributed by atoms with E-state index in [0.29, 0.717) is 11.8 Å². The summed E-state index contributed by atoms with van der Waals surface area (Å²) >= 11 is 0. The Morgan fingerprint density at radius 1 is 1.14 bits per heavy atom. The lowest BCUT2D eigenvalue weighted by atomic mass is 9.85. The molecule has 1 aliphatic carbocycles. The minimum atomic E-state index is 0.597. The van der Waals surface area contributed by atoms with E-state index < -0.39 is 0 Å². The van der Waals surface area contributed by atoms with Gasteiger partial charge in [-0.1, -0.05) is 76.1 Å². The standard InChI is InChI=1S/C21H32O/c1-2-3-4-5-6-7-10-18(15-16-22)17-20-14-13-19-11-8-9-12-21(19)20/h8-9,11-12,16,18,20H,2-7,10,13-15,17H2,1H3. The largest absolute Gasteiger partial charge is 0.303 e. The zero-order valence-corrected chi connectivity index (χ0v) is 14.2. The molecule has 0 aromatic heterocycles. The molecule has 22 heavy (non-hydrogen) atoms. The van der Waals surface area contributed by atoms with Gasteiger partial charge in [-0.25, -0.2) is 0 Å². The van der Waals surface area contributed by atoms with Crippen molar-refractivity contribution < 1.29 is 4.79 Å². The Kier molecular flexibility index (Phi) is 7.70. The fourth-order valence-corrected chi connectivity index (χ4v) is 3.97. The Morgan fingerprint density at radius 2 is 1.91 bits per heavy atom. The minimum Gasteiger partial charge on any atom is -0.303 e. The Balaban J connectivity index is 1.76. The smallest absolute Gasteiger partial charge is 0.120 e. The molecule has 0 saturated heterocycles. The third-order valence-electron chi connectivity index (χ3n) is 5.27. The van der Waals surface area contributed by atoms with Crippen LogP contribution in [0.15, 0.2) is 24.3 Å². The highest BCUT2D eigenvalue weighted by Gasteiger charge is 2.24. The molecule has 1 heteroatoms. The van der Waals surface area contributed by atoms with Crippen molar-refractivity contribution in [3.8, 4) is 0 Å². The zero-order chi connectivity index (χ0) is 15.6. The highest BCUT2D eigenvalue weighted by Crippen LogP contribution is 2.38. The Hall–Kier alpha value is -1.11. The number of hydrogen-bond donors (Lipinski definition) is 0. The van der Waals surface area contributed by atoms with Crippen LogP contribution in [0.4, 0.5) is 0 Å². The molecule has 0 aliphatic heterocycles. The summed E-state index contributed by atoms with van der Waals surface area (Å²) in [7, 11) is 0. The van der Waals surface area contributed by atoms with E-state index in [-0.39, 0.29) is 0 Å². The molecule has 122 valence electrons. The van der Waals surface area contributed by atoms with E-state index in [9.17, 15) is 4.79 Å². The number of aldehydes is 1. The number of carbonyl (C=O) groups excluding carboxylic acids is 1. The summed E-state index contributed by atoms with van der Waals surface area (Å²) in [6.07, 6.45) is 14.9. The zero-order valence-electron chi connectivity index (χ0n) is 14.2. The summed E-state index contributed by atoms with van der Waals surface area (Å²) in [6.45, 7) is 2.26. The molecule has 0 saturated carbocycles. The molecule has 1 nitrogen and oxygen atoms in total. The summed E-state index contributed by atoms with van der Waals surface area (Å²) in [6, 6.07) is 8.90. The van der Waals surface area contributed by atoms with Gasteiger partial charge in [0.1, 0.15) is 6.29 Å². The van der Waals surface area contributed by atoms with Crippen LogP contribution in [0.1, 0.15) is 88.2 Å². The third kappa shape index (κ3) is 5.26. The van der Waals surface area contributed by atoms with Gasteiger partial charge in [0, 0.05) is 6.42 Å². The first-order chi connectivity index (χ1) is 10.8. The monoisotopic (exact) mass is 300 g/mol. The van der Waals surface area contributed by atoms with Crippen molar-refractivity contribution in [3.05, 3.63) is 35.4 Å². The van der Waals surface area contributed by atoms with E-state index in [2.05, 4.69) is 31.2 Å². The quantitative estimate of drug-likeness (QED) is 0.358. The molecule has 0 radical (unpaired) electrons. The van der Waals surface area contributed by atoms with Crippen LogP contribution in [0.3, 0.4) is 0 Å².